The first-order valence-corrected chi connectivity index (χ1v) is 3.70. The summed E-state index contributed by atoms with van der Waals surface area (Å²) in [4.78, 5) is 0. The Bertz CT molecular complexity index is 91.3. The van der Waals surface area contributed by atoms with E-state index in [0.29, 0.717) is 0 Å². The summed E-state index contributed by atoms with van der Waals surface area (Å²) in [5.41, 5.74) is 1.16. The largest absolute Gasteiger partial charge is 0.380 e. The van der Waals surface area contributed by atoms with Crippen molar-refractivity contribution in [1.82, 2.24) is 5.32 Å². The third kappa shape index (κ3) is 7.66. The Balaban J connectivity index is 2.84. The molecular formula is C8H17NO. The summed E-state index contributed by atoms with van der Waals surface area (Å²) >= 11 is 0. The zero-order chi connectivity index (χ0) is 7.82. The summed E-state index contributed by atoms with van der Waals surface area (Å²) in [6, 6.07) is 0. The fraction of sp³-hybridized carbons (Fsp3) is 0.750. The highest BCUT2D eigenvalue weighted by atomic mass is 16.5. The van der Waals surface area contributed by atoms with Crippen molar-refractivity contribution in [2.24, 2.45) is 0 Å². The fourth-order valence-corrected chi connectivity index (χ4v) is 0.590. The van der Waals surface area contributed by atoms with Crippen molar-refractivity contribution in [2.45, 2.75) is 13.8 Å². The van der Waals surface area contributed by atoms with Crippen LogP contribution in [0, 0.1) is 0 Å². The maximum Gasteiger partial charge on any atom is 0.0590 e. The smallest absolute Gasteiger partial charge is 0.0590 e. The van der Waals surface area contributed by atoms with Gasteiger partial charge in [0, 0.05) is 19.7 Å². The fourth-order valence-electron chi connectivity index (χ4n) is 0.590. The van der Waals surface area contributed by atoms with Crippen LogP contribution >= 0.6 is 0 Å². The quantitative estimate of drug-likeness (QED) is 0.445. The van der Waals surface area contributed by atoms with Crippen molar-refractivity contribution < 1.29 is 4.74 Å². The number of ether oxygens (including phenoxy) is 1. The first-order chi connectivity index (χ1) is 4.77. The maximum atomic E-state index is 5.12. The molecule has 0 aliphatic carbocycles. The second-order valence-electron chi connectivity index (χ2n) is 2.33. The number of hydrogen-bond donors (Lipinski definition) is 1. The Morgan fingerprint density at radius 2 is 2.30 bits per heavy atom. The monoisotopic (exact) mass is 143 g/mol. The van der Waals surface area contributed by atoms with Crippen molar-refractivity contribution in [3.05, 3.63) is 12.2 Å². The van der Waals surface area contributed by atoms with Gasteiger partial charge in [-0.25, -0.2) is 0 Å². The van der Waals surface area contributed by atoms with Crippen LogP contribution < -0.4 is 5.32 Å². The van der Waals surface area contributed by atoms with Crippen molar-refractivity contribution >= 4 is 0 Å². The van der Waals surface area contributed by atoms with Gasteiger partial charge in [0.25, 0.3) is 0 Å². The Morgan fingerprint density at radius 3 is 2.80 bits per heavy atom. The van der Waals surface area contributed by atoms with E-state index >= 15 is 0 Å². The van der Waals surface area contributed by atoms with Gasteiger partial charge in [0.05, 0.1) is 6.61 Å². The standard InChI is InChI=1S/C8H17NO/c1-4-10-6-5-9-7-8(2)3/h9H,2,4-7H2,1,3H3. The van der Waals surface area contributed by atoms with Crippen LogP contribution in [0.4, 0.5) is 0 Å². The molecule has 1 N–H and O–H groups in total. The van der Waals surface area contributed by atoms with E-state index < -0.39 is 0 Å². The van der Waals surface area contributed by atoms with Crippen molar-refractivity contribution in [3.63, 3.8) is 0 Å². The minimum absolute atomic E-state index is 0.795. The maximum absolute atomic E-state index is 5.12. The molecule has 0 bridgehead atoms. The predicted octanol–water partition coefficient (Wildman–Crippen LogP) is 1.19. The Hall–Kier alpha value is -0.340. The summed E-state index contributed by atoms with van der Waals surface area (Å²) in [5.74, 6) is 0. The van der Waals surface area contributed by atoms with Gasteiger partial charge in [-0.05, 0) is 13.8 Å². The van der Waals surface area contributed by atoms with E-state index in [1.165, 1.54) is 0 Å². The predicted molar refractivity (Wildman–Crippen MR) is 44.2 cm³/mol. The van der Waals surface area contributed by atoms with E-state index in [4.69, 9.17) is 4.74 Å². The Kier molecular flexibility index (Phi) is 6.55. The topological polar surface area (TPSA) is 21.3 Å². The second kappa shape index (κ2) is 6.78. The van der Waals surface area contributed by atoms with Crippen LogP contribution in [0.25, 0.3) is 0 Å². The number of nitrogens with one attached hydrogen (secondary N) is 1. The van der Waals surface area contributed by atoms with Crippen molar-refractivity contribution in [1.29, 1.82) is 0 Å². The molecule has 0 unspecified atom stereocenters. The van der Waals surface area contributed by atoms with Gasteiger partial charge in [-0.2, -0.15) is 0 Å². The molecule has 0 atom stereocenters. The van der Waals surface area contributed by atoms with Crippen LogP contribution in [0.1, 0.15) is 13.8 Å². The lowest BCUT2D eigenvalue weighted by atomic mass is 10.3. The number of rotatable bonds is 6. The molecule has 0 spiro atoms. The summed E-state index contributed by atoms with van der Waals surface area (Å²) in [6.07, 6.45) is 0. The van der Waals surface area contributed by atoms with Gasteiger partial charge in [0.2, 0.25) is 0 Å². The third-order valence-corrected chi connectivity index (χ3v) is 1.05. The van der Waals surface area contributed by atoms with Gasteiger partial charge in [-0.1, -0.05) is 12.2 Å². The number of hydrogen-bond acceptors (Lipinski definition) is 2. The van der Waals surface area contributed by atoms with E-state index in [0.717, 1.165) is 31.9 Å². The molecule has 0 aliphatic heterocycles. The SMILES string of the molecule is C=C(C)CNCCOCC. The minimum Gasteiger partial charge on any atom is -0.380 e. The van der Waals surface area contributed by atoms with Crippen molar-refractivity contribution in [3.8, 4) is 0 Å². The molecule has 10 heavy (non-hydrogen) atoms. The molecule has 0 radical (unpaired) electrons. The Morgan fingerprint density at radius 1 is 1.60 bits per heavy atom. The second-order valence-corrected chi connectivity index (χ2v) is 2.33. The minimum atomic E-state index is 0.795. The van der Waals surface area contributed by atoms with Gasteiger partial charge in [-0.15, -0.1) is 0 Å². The van der Waals surface area contributed by atoms with Crippen molar-refractivity contribution in [2.75, 3.05) is 26.3 Å². The molecule has 0 saturated carbocycles. The molecule has 60 valence electrons. The van der Waals surface area contributed by atoms with Crippen LogP contribution in [0.3, 0.4) is 0 Å². The highest BCUT2D eigenvalue weighted by Gasteiger charge is 1.85. The first-order valence-electron chi connectivity index (χ1n) is 3.70. The van der Waals surface area contributed by atoms with Gasteiger partial charge in [0.15, 0.2) is 0 Å². The molecule has 0 rings (SSSR count). The Labute approximate surface area is 63.3 Å². The van der Waals surface area contributed by atoms with Gasteiger partial charge in [-0.3, -0.25) is 0 Å². The van der Waals surface area contributed by atoms with E-state index in [1.54, 1.807) is 0 Å². The molecule has 0 aliphatic rings. The van der Waals surface area contributed by atoms with Gasteiger partial charge < -0.3 is 10.1 Å². The average molecular weight is 143 g/mol. The molecule has 0 aromatic rings. The van der Waals surface area contributed by atoms with Crippen LogP contribution in [-0.2, 0) is 4.74 Å². The van der Waals surface area contributed by atoms with E-state index in [1.807, 2.05) is 13.8 Å². The zero-order valence-electron chi connectivity index (χ0n) is 6.94. The van der Waals surface area contributed by atoms with Gasteiger partial charge in [0.1, 0.15) is 0 Å². The molecule has 0 aromatic heterocycles. The van der Waals surface area contributed by atoms with Crippen LogP contribution in [-0.4, -0.2) is 26.3 Å². The summed E-state index contributed by atoms with van der Waals surface area (Å²) in [5, 5.41) is 3.20. The zero-order valence-corrected chi connectivity index (χ0v) is 6.94. The van der Waals surface area contributed by atoms with E-state index in [-0.39, 0.29) is 0 Å². The van der Waals surface area contributed by atoms with E-state index in [9.17, 15) is 0 Å². The highest BCUT2D eigenvalue weighted by Crippen LogP contribution is 1.80. The van der Waals surface area contributed by atoms with Crippen LogP contribution in [0.2, 0.25) is 0 Å². The molecule has 0 aromatic carbocycles. The molecule has 0 heterocycles. The first kappa shape index (κ1) is 9.66. The molecule has 0 amide bonds. The van der Waals surface area contributed by atoms with E-state index in [2.05, 4.69) is 11.9 Å². The molecule has 2 nitrogen and oxygen atoms in total. The summed E-state index contributed by atoms with van der Waals surface area (Å²) in [6.45, 7) is 11.2. The highest BCUT2D eigenvalue weighted by molar-refractivity contribution is 4.90. The van der Waals surface area contributed by atoms with Gasteiger partial charge >= 0.3 is 0 Å². The molecule has 0 saturated heterocycles. The average Bonchev–Trinajstić information content (AvgIpc) is 1.87. The summed E-state index contributed by atoms with van der Waals surface area (Å²) < 4.78 is 5.12. The third-order valence-electron chi connectivity index (χ3n) is 1.05. The lowest BCUT2D eigenvalue weighted by Crippen LogP contribution is -2.21. The molecule has 2 heteroatoms. The normalized spacial score (nSPS) is 9.80. The summed E-state index contributed by atoms with van der Waals surface area (Å²) in [7, 11) is 0. The lowest BCUT2D eigenvalue weighted by molar-refractivity contribution is 0.150. The van der Waals surface area contributed by atoms with Crippen LogP contribution in [0.15, 0.2) is 12.2 Å². The molecular weight excluding hydrogens is 126 g/mol. The lowest BCUT2D eigenvalue weighted by Gasteiger charge is -2.03. The molecule has 0 fully saturated rings. The van der Waals surface area contributed by atoms with Crippen LogP contribution in [0.5, 0.6) is 0 Å².